The summed E-state index contributed by atoms with van der Waals surface area (Å²) in [4.78, 5) is 19.1. The van der Waals surface area contributed by atoms with Gasteiger partial charge in [0, 0.05) is 58.1 Å². The summed E-state index contributed by atoms with van der Waals surface area (Å²) in [5.74, 6) is 2.25. The van der Waals surface area contributed by atoms with Crippen LogP contribution in [-0.2, 0) is 0 Å². The predicted octanol–water partition coefficient (Wildman–Crippen LogP) is 10.1. The number of fused-ring (bicyclic) bond motifs is 12. The van der Waals surface area contributed by atoms with Crippen molar-refractivity contribution < 1.29 is 4.74 Å². The topological polar surface area (TPSA) is 69.6 Å². The zero-order chi connectivity index (χ0) is 31.8. The van der Waals surface area contributed by atoms with Gasteiger partial charge in [-0.2, -0.15) is 0 Å². The monoisotopic (exact) mass is 612 g/mol. The molecule has 0 unspecified atom stereocenters. The fraction of sp³-hybridized carbons (Fsp3) is 0.150. The molecule has 0 saturated heterocycles. The van der Waals surface area contributed by atoms with Gasteiger partial charge in [0.25, 0.3) is 0 Å². The SMILES string of the molecule is CC(C)c1cccc(C(C)C)c1-c1ccc2c3ccc(Oc4ccc5c6ccncc6n6ccnc6c5c4)cc3c3nccn3c2n1. The van der Waals surface area contributed by atoms with Crippen LogP contribution in [0.25, 0.3) is 66.0 Å². The predicted molar refractivity (Wildman–Crippen MR) is 190 cm³/mol. The molecular formula is C40H32N6O. The van der Waals surface area contributed by atoms with E-state index in [-0.39, 0.29) is 0 Å². The maximum atomic E-state index is 6.52. The van der Waals surface area contributed by atoms with Crippen LogP contribution in [0.3, 0.4) is 0 Å². The van der Waals surface area contributed by atoms with Gasteiger partial charge in [-0.05, 0) is 88.3 Å². The Morgan fingerprint density at radius 2 is 1.19 bits per heavy atom. The van der Waals surface area contributed by atoms with E-state index in [4.69, 9.17) is 14.7 Å². The number of pyridine rings is 4. The lowest BCUT2D eigenvalue weighted by Gasteiger charge is -2.20. The van der Waals surface area contributed by atoms with E-state index in [2.05, 4.69) is 101 Å². The first-order chi connectivity index (χ1) is 23.0. The molecule has 6 aromatic heterocycles. The van der Waals surface area contributed by atoms with E-state index in [0.29, 0.717) is 11.8 Å². The fourth-order valence-corrected chi connectivity index (χ4v) is 7.15. The van der Waals surface area contributed by atoms with Gasteiger partial charge in [-0.1, -0.05) is 45.9 Å². The molecule has 0 amide bonds. The van der Waals surface area contributed by atoms with Gasteiger partial charge in [0.1, 0.15) is 28.4 Å². The molecule has 7 nitrogen and oxygen atoms in total. The first-order valence-electron chi connectivity index (χ1n) is 16.1. The van der Waals surface area contributed by atoms with Crippen molar-refractivity contribution >= 4 is 54.8 Å². The lowest BCUT2D eigenvalue weighted by molar-refractivity contribution is 0.484. The molecule has 0 spiro atoms. The number of benzene rings is 3. The molecular weight excluding hydrogens is 580 g/mol. The first kappa shape index (κ1) is 27.5. The Morgan fingerprint density at radius 3 is 1.87 bits per heavy atom. The van der Waals surface area contributed by atoms with Crippen molar-refractivity contribution in [2.24, 2.45) is 0 Å². The molecule has 3 aromatic carbocycles. The van der Waals surface area contributed by atoms with Crippen LogP contribution in [-0.4, -0.2) is 28.7 Å². The van der Waals surface area contributed by atoms with E-state index < -0.39 is 0 Å². The summed E-state index contributed by atoms with van der Waals surface area (Å²) < 4.78 is 10.7. The molecule has 7 heteroatoms. The van der Waals surface area contributed by atoms with E-state index >= 15 is 0 Å². The highest BCUT2D eigenvalue weighted by molar-refractivity contribution is 6.12. The summed E-state index contributed by atoms with van der Waals surface area (Å²) >= 11 is 0. The number of imidazole rings is 2. The fourth-order valence-electron chi connectivity index (χ4n) is 7.15. The van der Waals surface area contributed by atoms with Gasteiger partial charge in [0.2, 0.25) is 0 Å². The minimum atomic E-state index is 0.384. The van der Waals surface area contributed by atoms with Crippen molar-refractivity contribution in [1.82, 2.24) is 28.7 Å². The summed E-state index contributed by atoms with van der Waals surface area (Å²) in [5.41, 5.74) is 8.51. The number of hydrogen-bond donors (Lipinski definition) is 0. The van der Waals surface area contributed by atoms with Crippen LogP contribution < -0.4 is 4.74 Å². The maximum Gasteiger partial charge on any atom is 0.146 e. The third-order valence-corrected chi connectivity index (χ3v) is 9.35. The Hall–Kier alpha value is -5.82. The quantitative estimate of drug-likeness (QED) is 0.181. The van der Waals surface area contributed by atoms with E-state index in [1.807, 2.05) is 55.4 Å². The van der Waals surface area contributed by atoms with Gasteiger partial charge >= 0.3 is 0 Å². The molecule has 9 rings (SSSR count). The van der Waals surface area contributed by atoms with E-state index in [0.717, 1.165) is 72.0 Å². The number of aromatic nitrogens is 6. The Labute approximate surface area is 271 Å². The third kappa shape index (κ3) is 4.19. The van der Waals surface area contributed by atoms with Crippen molar-refractivity contribution in [3.05, 3.63) is 121 Å². The molecule has 0 radical (unpaired) electrons. The number of nitrogens with zero attached hydrogens (tertiary/aromatic N) is 6. The summed E-state index contributed by atoms with van der Waals surface area (Å²) in [7, 11) is 0. The lowest BCUT2D eigenvalue weighted by Crippen LogP contribution is -2.02. The Morgan fingerprint density at radius 1 is 0.574 bits per heavy atom. The van der Waals surface area contributed by atoms with Crippen molar-refractivity contribution in [3.63, 3.8) is 0 Å². The largest absolute Gasteiger partial charge is 0.457 e. The molecule has 0 bridgehead atoms. The van der Waals surface area contributed by atoms with Gasteiger partial charge < -0.3 is 4.74 Å². The van der Waals surface area contributed by atoms with Gasteiger partial charge in [-0.15, -0.1) is 0 Å². The molecule has 0 aliphatic rings. The Bertz CT molecular complexity index is 2660. The average Bonchev–Trinajstić information content (AvgIpc) is 3.79. The highest BCUT2D eigenvalue weighted by Crippen LogP contribution is 2.39. The van der Waals surface area contributed by atoms with E-state index in [1.165, 1.54) is 16.7 Å². The van der Waals surface area contributed by atoms with Gasteiger partial charge in [0.05, 0.1) is 17.4 Å². The van der Waals surface area contributed by atoms with Crippen molar-refractivity contribution in [3.8, 4) is 22.8 Å². The standard InChI is InChI=1S/C40H32N6O/c1-23(2)27-6-5-7-28(24(3)4)37(27)35-13-12-32-30-11-9-26(21-34(30)39-43-17-19-46(39)40(32)44-35)47-25-8-10-29-31-14-15-41-22-36(31)45-18-16-42-38(45)33(29)20-25/h5-24H,1-4H3. The molecule has 0 aliphatic carbocycles. The highest BCUT2D eigenvalue weighted by atomic mass is 16.5. The molecule has 228 valence electrons. The second-order valence-electron chi connectivity index (χ2n) is 12.8. The van der Waals surface area contributed by atoms with E-state index in [9.17, 15) is 0 Å². The normalized spacial score (nSPS) is 12.2. The molecule has 47 heavy (non-hydrogen) atoms. The minimum Gasteiger partial charge on any atom is -0.457 e. The third-order valence-electron chi connectivity index (χ3n) is 9.35. The number of hydrogen-bond acceptors (Lipinski definition) is 5. The summed E-state index contributed by atoms with van der Waals surface area (Å²) in [6.07, 6.45) is 11.3. The van der Waals surface area contributed by atoms with E-state index in [1.54, 1.807) is 0 Å². The Balaban J connectivity index is 1.18. The first-order valence-corrected chi connectivity index (χ1v) is 16.1. The van der Waals surface area contributed by atoms with Crippen LogP contribution in [0.1, 0.15) is 50.7 Å². The molecule has 0 atom stereocenters. The van der Waals surface area contributed by atoms with Crippen LogP contribution in [0.5, 0.6) is 11.5 Å². The zero-order valence-electron chi connectivity index (χ0n) is 26.6. The smallest absolute Gasteiger partial charge is 0.146 e. The summed E-state index contributed by atoms with van der Waals surface area (Å²) in [6.45, 7) is 9.00. The summed E-state index contributed by atoms with van der Waals surface area (Å²) in [5, 5.41) is 6.42. The summed E-state index contributed by atoms with van der Waals surface area (Å²) in [6, 6.07) is 25.5. The van der Waals surface area contributed by atoms with Crippen molar-refractivity contribution in [1.29, 1.82) is 0 Å². The van der Waals surface area contributed by atoms with Crippen LogP contribution in [0.15, 0.2) is 110 Å². The minimum absolute atomic E-state index is 0.384. The molecule has 0 N–H and O–H groups in total. The molecule has 0 aliphatic heterocycles. The molecule has 9 aromatic rings. The number of ether oxygens (including phenoxy) is 1. The van der Waals surface area contributed by atoms with Gasteiger partial charge in [-0.25, -0.2) is 15.0 Å². The zero-order valence-corrected chi connectivity index (χ0v) is 26.6. The van der Waals surface area contributed by atoms with Crippen LogP contribution in [0, 0.1) is 0 Å². The van der Waals surface area contributed by atoms with Gasteiger partial charge in [-0.3, -0.25) is 13.8 Å². The van der Waals surface area contributed by atoms with Crippen LogP contribution >= 0.6 is 0 Å². The Kier molecular flexibility index (Phi) is 6.06. The average molecular weight is 613 g/mol. The van der Waals surface area contributed by atoms with Gasteiger partial charge in [0.15, 0.2) is 0 Å². The highest BCUT2D eigenvalue weighted by Gasteiger charge is 2.19. The maximum absolute atomic E-state index is 6.52. The second-order valence-corrected chi connectivity index (χ2v) is 12.8. The van der Waals surface area contributed by atoms with Crippen LogP contribution in [0.4, 0.5) is 0 Å². The van der Waals surface area contributed by atoms with Crippen LogP contribution in [0.2, 0.25) is 0 Å². The molecule has 0 saturated carbocycles. The molecule has 6 heterocycles. The van der Waals surface area contributed by atoms with Crippen molar-refractivity contribution in [2.75, 3.05) is 0 Å². The number of rotatable bonds is 5. The molecule has 0 fully saturated rings. The van der Waals surface area contributed by atoms with Crippen molar-refractivity contribution in [2.45, 2.75) is 39.5 Å². The second kappa shape index (κ2) is 10.4. The lowest BCUT2D eigenvalue weighted by atomic mass is 9.87.